The highest BCUT2D eigenvalue weighted by molar-refractivity contribution is 5.46. The summed E-state index contributed by atoms with van der Waals surface area (Å²) >= 11 is 0. The van der Waals surface area contributed by atoms with Crippen molar-refractivity contribution in [2.24, 2.45) is 12.0 Å². The van der Waals surface area contributed by atoms with Crippen molar-refractivity contribution in [1.82, 2.24) is 4.68 Å². The molecule has 0 aliphatic heterocycles. The molecule has 0 atom stereocenters. The van der Waals surface area contributed by atoms with E-state index in [4.69, 9.17) is 10.7 Å². The Morgan fingerprint density at radius 2 is 2.38 bits per heavy atom. The number of nitrogens with zero attached hydrogens (tertiary/aromatic N) is 5. The third-order valence-corrected chi connectivity index (χ3v) is 1.39. The maximum Gasteiger partial charge on any atom is 0.195 e. The summed E-state index contributed by atoms with van der Waals surface area (Å²) < 4.78 is 4.18. The molecule has 5 nitrogen and oxygen atoms in total. The molecule has 0 bridgehead atoms. The molecule has 0 amide bonds. The third kappa shape index (κ3) is 4.51. The lowest BCUT2D eigenvalue weighted by Gasteiger charge is -1.89. The van der Waals surface area contributed by atoms with Crippen LogP contribution in [0.2, 0.25) is 0 Å². The highest BCUT2D eigenvalue weighted by Gasteiger charge is 1.94. The minimum absolute atomic E-state index is 1.05. The van der Waals surface area contributed by atoms with Gasteiger partial charge in [-0.05, 0) is 6.92 Å². The lowest BCUT2D eigenvalue weighted by molar-refractivity contribution is -0.753. The molecule has 1 aromatic heterocycles. The smallest absolute Gasteiger partial charge is 0.195 e. The first-order chi connectivity index (χ1) is 6.26. The minimum atomic E-state index is 1.05. The SMILES string of the molecule is CCn1ccc[n+]1C.N#CN=C=[N-]. The molecule has 0 N–H and O–H groups in total. The molecule has 0 aromatic carbocycles. The molecule has 5 heteroatoms. The second-order valence-electron chi connectivity index (χ2n) is 2.13. The fourth-order valence-electron chi connectivity index (χ4n) is 0.804. The van der Waals surface area contributed by atoms with Crippen molar-refractivity contribution in [3.05, 3.63) is 23.9 Å². The van der Waals surface area contributed by atoms with Crippen LogP contribution >= 0.6 is 0 Å². The Bertz CT molecular complexity index is 327. The predicted octanol–water partition coefficient (Wildman–Crippen LogP) is 0.543. The van der Waals surface area contributed by atoms with E-state index in [2.05, 4.69) is 27.5 Å². The molecule has 0 aliphatic carbocycles. The van der Waals surface area contributed by atoms with E-state index >= 15 is 0 Å². The summed E-state index contributed by atoms with van der Waals surface area (Å²) in [6.45, 7) is 3.17. The summed E-state index contributed by atoms with van der Waals surface area (Å²) in [5, 5.41) is 14.9. The van der Waals surface area contributed by atoms with Crippen molar-refractivity contribution in [2.45, 2.75) is 13.5 Å². The van der Waals surface area contributed by atoms with Gasteiger partial charge < -0.3 is 10.4 Å². The second-order valence-corrected chi connectivity index (χ2v) is 2.13. The van der Waals surface area contributed by atoms with E-state index in [1.807, 2.05) is 19.3 Å². The minimum Gasteiger partial charge on any atom is -0.422 e. The van der Waals surface area contributed by atoms with E-state index in [1.54, 1.807) is 0 Å². The quantitative estimate of drug-likeness (QED) is 0.351. The number of hydrogen-bond acceptors (Lipinski definition) is 2. The van der Waals surface area contributed by atoms with Gasteiger partial charge >= 0.3 is 0 Å². The summed E-state index contributed by atoms with van der Waals surface area (Å²) in [6, 6.07) is 3.31. The van der Waals surface area contributed by atoms with E-state index < -0.39 is 0 Å². The number of aryl methyl sites for hydroxylation is 2. The molecule has 1 aromatic rings. The van der Waals surface area contributed by atoms with Crippen LogP contribution in [0.5, 0.6) is 0 Å². The molecule has 0 unspecified atom stereocenters. The molecule has 1 heterocycles. The van der Waals surface area contributed by atoms with Crippen LogP contribution in [0.25, 0.3) is 5.41 Å². The van der Waals surface area contributed by atoms with E-state index in [9.17, 15) is 0 Å². The molecule has 0 saturated heterocycles. The van der Waals surface area contributed by atoms with Gasteiger partial charge in [0.15, 0.2) is 13.2 Å². The maximum absolute atomic E-state index is 7.43. The molecule has 68 valence electrons. The van der Waals surface area contributed by atoms with Crippen molar-refractivity contribution in [3.63, 3.8) is 0 Å². The summed E-state index contributed by atoms with van der Waals surface area (Å²) in [5.74, 6) is 0. The largest absolute Gasteiger partial charge is 0.422 e. The number of nitriles is 1. The second kappa shape index (κ2) is 6.77. The van der Waals surface area contributed by atoms with Gasteiger partial charge in [-0.3, -0.25) is 0 Å². The maximum atomic E-state index is 7.43. The van der Waals surface area contributed by atoms with Gasteiger partial charge in [0.2, 0.25) is 0 Å². The van der Waals surface area contributed by atoms with Gasteiger partial charge in [-0.1, -0.05) is 0 Å². The zero-order valence-electron chi connectivity index (χ0n) is 7.68. The lowest BCUT2D eigenvalue weighted by Crippen LogP contribution is -2.37. The van der Waals surface area contributed by atoms with Gasteiger partial charge in [0.05, 0.1) is 18.9 Å². The fourth-order valence-corrected chi connectivity index (χ4v) is 0.804. The molecule has 0 radical (unpaired) electrons. The third-order valence-electron chi connectivity index (χ3n) is 1.39. The van der Waals surface area contributed by atoms with E-state index in [1.165, 1.54) is 12.2 Å². The van der Waals surface area contributed by atoms with Gasteiger partial charge in [0, 0.05) is 6.07 Å². The Kier molecular flexibility index (Phi) is 5.77. The van der Waals surface area contributed by atoms with Crippen LogP contribution in [0.1, 0.15) is 6.92 Å². The fraction of sp³-hybridized carbons (Fsp3) is 0.375. The number of hydrogen-bond donors (Lipinski definition) is 0. The first-order valence-corrected chi connectivity index (χ1v) is 3.75. The monoisotopic (exact) mass is 177 g/mol. The molecule has 0 saturated carbocycles. The summed E-state index contributed by atoms with van der Waals surface area (Å²) in [6.07, 6.45) is 5.37. The van der Waals surface area contributed by atoms with Crippen LogP contribution in [0.4, 0.5) is 0 Å². The van der Waals surface area contributed by atoms with Gasteiger partial charge in [-0.25, -0.2) is 0 Å². The van der Waals surface area contributed by atoms with E-state index in [0.717, 1.165) is 6.54 Å². The van der Waals surface area contributed by atoms with Crippen molar-refractivity contribution in [1.29, 1.82) is 5.26 Å². The molecular weight excluding hydrogens is 166 g/mol. The Morgan fingerprint density at radius 1 is 1.69 bits per heavy atom. The Balaban J connectivity index is 0.000000252. The number of aliphatic imine (C=N–C) groups is 1. The van der Waals surface area contributed by atoms with Gasteiger partial charge in [-0.2, -0.15) is 9.94 Å². The highest BCUT2D eigenvalue weighted by Crippen LogP contribution is 1.77. The van der Waals surface area contributed by atoms with Crippen molar-refractivity contribution in [2.75, 3.05) is 0 Å². The molecular formula is C8H11N5. The number of aromatic nitrogens is 2. The average Bonchev–Trinajstić information content (AvgIpc) is 2.53. The van der Waals surface area contributed by atoms with Crippen LogP contribution in [0.15, 0.2) is 23.5 Å². The van der Waals surface area contributed by atoms with Crippen LogP contribution < -0.4 is 4.68 Å². The first-order valence-electron chi connectivity index (χ1n) is 3.75. The first kappa shape index (κ1) is 11.1. The van der Waals surface area contributed by atoms with Crippen LogP contribution in [0.3, 0.4) is 0 Å². The standard InChI is InChI=1S/C6H11N2.C2N3/c1-3-8-6-4-5-7(8)2;3-1-5-2-4/h4-6H,3H2,1-2H3;/q+1;-1. The van der Waals surface area contributed by atoms with Gasteiger partial charge in [0.1, 0.15) is 0 Å². The zero-order chi connectivity index (χ0) is 10.1. The van der Waals surface area contributed by atoms with E-state index in [-0.39, 0.29) is 0 Å². The molecule has 0 spiro atoms. The summed E-state index contributed by atoms with van der Waals surface area (Å²) in [7, 11) is 2.03. The van der Waals surface area contributed by atoms with Crippen LogP contribution in [0, 0.1) is 11.5 Å². The summed E-state index contributed by atoms with van der Waals surface area (Å²) in [4.78, 5) is 2.58. The Hall–Kier alpha value is -1.92. The van der Waals surface area contributed by atoms with E-state index in [0.29, 0.717) is 0 Å². The molecule has 0 aliphatic rings. The highest BCUT2D eigenvalue weighted by atomic mass is 15.4. The van der Waals surface area contributed by atoms with Crippen LogP contribution in [-0.2, 0) is 13.6 Å². The molecule has 1 rings (SSSR count). The normalized spacial score (nSPS) is 7.46. The van der Waals surface area contributed by atoms with Crippen molar-refractivity contribution < 1.29 is 4.68 Å². The summed E-state index contributed by atoms with van der Waals surface area (Å²) in [5.41, 5.74) is 0. The predicted molar refractivity (Wildman–Crippen MR) is 47.7 cm³/mol. The topological polar surface area (TPSA) is 67.3 Å². The zero-order valence-corrected chi connectivity index (χ0v) is 7.68. The lowest BCUT2D eigenvalue weighted by atomic mass is 10.7. The van der Waals surface area contributed by atoms with Gasteiger partial charge in [-0.15, -0.1) is 10.7 Å². The van der Waals surface area contributed by atoms with Crippen molar-refractivity contribution >= 4 is 6.01 Å². The van der Waals surface area contributed by atoms with Crippen molar-refractivity contribution in [3.8, 4) is 6.19 Å². The number of rotatable bonds is 1. The molecule has 13 heavy (non-hydrogen) atoms. The average molecular weight is 177 g/mol. The Labute approximate surface area is 77.1 Å². The molecule has 0 fully saturated rings. The van der Waals surface area contributed by atoms with Gasteiger partial charge in [0.25, 0.3) is 0 Å². The Morgan fingerprint density at radius 3 is 2.54 bits per heavy atom. The van der Waals surface area contributed by atoms with Crippen LogP contribution in [-0.4, -0.2) is 10.7 Å².